The molecule has 0 saturated carbocycles. The topological polar surface area (TPSA) is 73.5 Å². The summed E-state index contributed by atoms with van der Waals surface area (Å²) in [7, 11) is 0. The van der Waals surface area contributed by atoms with Crippen molar-refractivity contribution >= 4 is 13.0 Å². The minimum Gasteiger partial charge on any atom is -0.411 e. The molecule has 0 aliphatic carbocycles. The van der Waals surface area contributed by atoms with Crippen LogP contribution in [-0.4, -0.2) is 18.2 Å². The molecule has 0 amide bonds. The molecule has 0 aromatic heterocycles. The van der Waals surface area contributed by atoms with Crippen LogP contribution in [0, 0.1) is 11.8 Å². The fourth-order valence-electron chi connectivity index (χ4n) is 0.0816. The van der Waals surface area contributed by atoms with Crippen molar-refractivity contribution in [1.29, 1.82) is 5.26 Å². The molecule has 12 heavy (non-hydrogen) atoms. The molecule has 0 fully saturated rings. The first kappa shape index (κ1) is 38.5. The molecule has 0 rings (SSSR count). The zero-order valence-electron chi connectivity index (χ0n) is 6.47. The van der Waals surface area contributed by atoms with Gasteiger partial charge in [-0.25, -0.2) is 5.26 Å². The van der Waals surface area contributed by atoms with Crippen LogP contribution in [0.25, 0.3) is 0 Å². The summed E-state index contributed by atoms with van der Waals surface area (Å²) in [6, 6.07) is 0. The smallest absolute Gasteiger partial charge is 0.106 e. The summed E-state index contributed by atoms with van der Waals surface area (Å²) in [4.78, 5) is 8.00. The number of nitriles is 1. The van der Waals surface area contributed by atoms with Crippen molar-refractivity contribution in [2.45, 2.75) is 20.8 Å². The van der Waals surface area contributed by atoms with Gasteiger partial charge in [0.25, 0.3) is 0 Å². The van der Waals surface area contributed by atoms with Gasteiger partial charge in [0.05, 0.1) is 0 Å². The molecule has 0 atom stereocenters. The largest absolute Gasteiger partial charge is 0.411 e. The summed E-state index contributed by atoms with van der Waals surface area (Å²) < 4.78 is 0. The predicted octanol–water partition coefficient (Wildman–Crippen LogP) is 1.44. The van der Waals surface area contributed by atoms with E-state index in [1.165, 1.54) is 6.21 Å². The molecule has 6 heteroatoms. The third-order valence-corrected chi connectivity index (χ3v) is 0.264. The van der Waals surface area contributed by atoms with E-state index in [4.69, 9.17) is 15.3 Å². The van der Waals surface area contributed by atoms with Gasteiger partial charge >= 0.3 is 0 Å². The van der Waals surface area contributed by atoms with Crippen LogP contribution in [0.5, 0.6) is 0 Å². The number of carbonyl (C=O) groups excluding carboxylic acids is 1. The zero-order valence-corrected chi connectivity index (χ0v) is 12.2. The molecule has 0 bridgehead atoms. The van der Waals surface area contributed by atoms with Gasteiger partial charge in [0.1, 0.15) is 6.79 Å². The number of hydrogen-bond acceptors (Lipinski definition) is 4. The number of carbonyl (C=O) groups is 1. The molecule has 0 aromatic rings. The Labute approximate surface area is 125 Å². The third-order valence-electron chi connectivity index (χ3n) is 0.264. The van der Waals surface area contributed by atoms with Crippen LogP contribution < -0.4 is 0 Å². The Morgan fingerprint density at radius 3 is 1.75 bits per heavy atom. The van der Waals surface area contributed by atoms with Crippen molar-refractivity contribution in [3.8, 4) is 6.57 Å². The summed E-state index contributed by atoms with van der Waals surface area (Å²) in [5, 5.41) is 16.9. The molecule has 0 aliphatic heterocycles. The van der Waals surface area contributed by atoms with Gasteiger partial charge in [0.15, 0.2) is 0 Å². The number of oxime groups is 1. The third kappa shape index (κ3) is 130. The van der Waals surface area contributed by atoms with Crippen molar-refractivity contribution in [3.05, 3.63) is 0 Å². The van der Waals surface area contributed by atoms with Gasteiger partial charge in [-0.2, -0.15) is 0 Å². The van der Waals surface area contributed by atoms with Gasteiger partial charge in [0.2, 0.25) is 0 Å². The number of nitrogens with zero attached hydrogens (tertiary/aromatic N) is 2. The van der Waals surface area contributed by atoms with E-state index in [0.29, 0.717) is 0 Å². The fourth-order valence-corrected chi connectivity index (χ4v) is 0.0816. The summed E-state index contributed by atoms with van der Waals surface area (Å²) in [6.45, 7) is 7.40. The monoisotopic (exact) mass is 324 g/mol. The van der Waals surface area contributed by atoms with E-state index in [0.717, 1.165) is 6.42 Å². The maximum Gasteiger partial charge on any atom is 0.106 e. The summed E-state index contributed by atoms with van der Waals surface area (Å²) in [5.41, 5.74) is 0. The first-order chi connectivity index (χ1) is 4.41. The summed E-state index contributed by atoms with van der Waals surface area (Å²) in [5.74, 6) is 0. The van der Waals surface area contributed by atoms with E-state index in [-0.39, 0.29) is 72.8 Å². The maximum atomic E-state index is 8.00. The molecule has 0 aromatic carbocycles. The fraction of sp³-hybridized carbons (Fsp3) is 0.500. The molecule has 66 valence electrons. The standard InChI is InChI=1S/C3H7NO.CHN.CH2O.CH4.2Y/c1-2-3-4-5;2*1-2;;;/h3,5H,2H2,1H3;1H;1H2;1H4;;/b4-3-;;;;;. The Bertz CT molecular complexity index is 79.2. The van der Waals surface area contributed by atoms with Crippen LogP contribution in [0.2, 0.25) is 0 Å². The minimum absolute atomic E-state index is 0. The van der Waals surface area contributed by atoms with Gasteiger partial charge in [-0.3, -0.25) is 0 Å². The summed E-state index contributed by atoms with van der Waals surface area (Å²) >= 11 is 0. The minimum atomic E-state index is 0. The first-order valence-electron chi connectivity index (χ1n) is 2.12. The molecule has 0 aliphatic rings. The van der Waals surface area contributed by atoms with Crippen LogP contribution in [-0.2, 0) is 70.2 Å². The molecule has 4 nitrogen and oxygen atoms in total. The SMILES string of the molecule is C.C#N.C=O.CC/C=N\O.[Y].[Y]. The number of hydrogen-bond donors (Lipinski definition) is 1. The molecular formula is C6H14N2O2Y2. The van der Waals surface area contributed by atoms with Crippen molar-refractivity contribution in [2.75, 3.05) is 0 Å². The van der Waals surface area contributed by atoms with Crippen LogP contribution in [0.1, 0.15) is 20.8 Å². The molecular weight excluding hydrogens is 310 g/mol. The summed E-state index contributed by atoms with van der Waals surface area (Å²) in [6.07, 6.45) is 2.23. The molecule has 2 radical (unpaired) electrons. The van der Waals surface area contributed by atoms with Crippen molar-refractivity contribution < 1.29 is 75.4 Å². The Kier molecular flexibility index (Phi) is 303. The molecule has 1 N–H and O–H groups in total. The second-order valence-electron chi connectivity index (χ2n) is 0.706. The van der Waals surface area contributed by atoms with Crippen LogP contribution in [0.15, 0.2) is 5.16 Å². The Hall–Kier alpha value is 0.838. The van der Waals surface area contributed by atoms with Crippen molar-refractivity contribution in [3.63, 3.8) is 0 Å². The molecule has 0 heterocycles. The van der Waals surface area contributed by atoms with Gasteiger partial charge < -0.3 is 10.0 Å². The van der Waals surface area contributed by atoms with Crippen molar-refractivity contribution in [1.82, 2.24) is 0 Å². The number of rotatable bonds is 1. The van der Waals surface area contributed by atoms with Crippen LogP contribution in [0.3, 0.4) is 0 Å². The molecule has 0 spiro atoms. The van der Waals surface area contributed by atoms with Crippen LogP contribution >= 0.6 is 0 Å². The average Bonchev–Trinajstić information content (AvgIpc) is 1.98. The second-order valence-corrected chi connectivity index (χ2v) is 0.706. The molecule has 0 saturated heterocycles. The zero-order chi connectivity index (χ0) is 8.12. The van der Waals surface area contributed by atoms with Gasteiger partial charge in [-0.05, 0) is 6.42 Å². The maximum absolute atomic E-state index is 8.00. The van der Waals surface area contributed by atoms with E-state index in [2.05, 4.69) is 11.7 Å². The van der Waals surface area contributed by atoms with Gasteiger partial charge in [-0.1, -0.05) is 14.4 Å². The predicted molar refractivity (Wildman–Crippen MR) is 41.1 cm³/mol. The van der Waals surface area contributed by atoms with Crippen LogP contribution in [0.4, 0.5) is 0 Å². The Morgan fingerprint density at radius 2 is 1.75 bits per heavy atom. The average molecular weight is 324 g/mol. The van der Waals surface area contributed by atoms with Crippen molar-refractivity contribution in [2.24, 2.45) is 5.16 Å². The van der Waals surface area contributed by atoms with E-state index in [9.17, 15) is 0 Å². The second kappa shape index (κ2) is 94.4. The Morgan fingerprint density at radius 1 is 1.50 bits per heavy atom. The normalized spacial score (nSPS) is 4.58. The van der Waals surface area contributed by atoms with E-state index >= 15 is 0 Å². The quantitative estimate of drug-likeness (QED) is 0.451. The Balaban J connectivity index is -0.0000000116. The van der Waals surface area contributed by atoms with Gasteiger partial charge in [0, 0.05) is 78.2 Å². The van der Waals surface area contributed by atoms with E-state index in [1.54, 1.807) is 0 Å². The molecule has 0 unspecified atom stereocenters. The van der Waals surface area contributed by atoms with Gasteiger partial charge in [-0.15, -0.1) is 5.16 Å². The van der Waals surface area contributed by atoms with E-state index in [1.807, 2.05) is 13.7 Å². The first-order valence-corrected chi connectivity index (χ1v) is 2.12. The van der Waals surface area contributed by atoms with E-state index < -0.39 is 0 Å².